The quantitative estimate of drug-likeness (QED) is 0.800. The Hall–Kier alpha value is -2.70. The van der Waals surface area contributed by atoms with Crippen LogP contribution in [0.3, 0.4) is 0 Å². The highest BCUT2D eigenvalue weighted by molar-refractivity contribution is 5.94. The predicted octanol–water partition coefficient (Wildman–Crippen LogP) is 2.01. The third-order valence-corrected chi connectivity index (χ3v) is 4.35. The highest BCUT2D eigenvalue weighted by Crippen LogP contribution is 2.26. The Kier molecular flexibility index (Phi) is 5.42. The number of carbonyl (C=O) groups is 1. The molecule has 1 saturated heterocycles. The second kappa shape index (κ2) is 7.92. The maximum Gasteiger partial charge on any atom is 0.257 e. The number of likely N-dealkylation sites (tertiary alicyclic amines) is 1. The molecule has 1 atom stereocenters. The van der Waals surface area contributed by atoms with Gasteiger partial charge in [0.2, 0.25) is 0 Å². The van der Waals surface area contributed by atoms with Crippen molar-refractivity contribution in [2.45, 2.75) is 26.4 Å². The fourth-order valence-electron chi connectivity index (χ4n) is 2.98. The van der Waals surface area contributed by atoms with E-state index in [0.29, 0.717) is 24.5 Å². The number of aromatic nitrogens is 3. The van der Waals surface area contributed by atoms with Crippen molar-refractivity contribution in [3.05, 3.63) is 42.5 Å². The van der Waals surface area contributed by atoms with Crippen molar-refractivity contribution in [2.75, 3.05) is 31.1 Å². The Bertz CT molecular complexity index is 706. The van der Waals surface area contributed by atoms with E-state index in [9.17, 15) is 4.79 Å². The first-order chi connectivity index (χ1) is 12.2. The molecule has 0 bridgehead atoms. The fraction of sp³-hybridized carbons (Fsp3) is 0.444. The number of hydrogen-bond donors (Lipinski definition) is 0. The van der Waals surface area contributed by atoms with Gasteiger partial charge in [-0.3, -0.25) is 9.78 Å². The summed E-state index contributed by atoms with van der Waals surface area (Å²) in [5, 5.41) is 0. The molecule has 0 saturated carbocycles. The van der Waals surface area contributed by atoms with Gasteiger partial charge in [0.15, 0.2) is 5.82 Å². The largest absolute Gasteiger partial charge is 0.470 e. The Morgan fingerprint density at radius 1 is 1.20 bits per heavy atom. The normalized spacial score (nSPS) is 16.7. The van der Waals surface area contributed by atoms with Crippen molar-refractivity contribution in [1.29, 1.82) is 0 Å². The summed E-state index contributed by atoms with van der Waals surface area (Å²) < 4.78 is 6.09. The van der Waals surface area contributed by atoms with Crippen LogP contribution >= 0.6 is 0 Å². The summed E-state index contributed by atoms with van der Waals surface area (Å²) in [6.07, 6.45) is 7.29. The topological polar surface area (TPSA) is 71.5 Å². The molecule has 0 radical (unpaired) electrons. The Labute approximate surface area is 147 Å². The van der Waals surface area contributed by atoms with Crippen LogP contribution in [0.5, 0.6) is 5.88 Å². The van der Waals surface area contributed by atoms with Crippen molar-refractivity contribution >= 4 is 11.7 Å². The first-order valence-electron chi connectivity index (χ1n) is 8.64. The highest BCUT2D eigenvalue weighted by atomic mass is 16.5. The minimum atomic E-state index is -0.0724. The average Bonchev–Trinajstić information content (AvgIpc) is 3.13. The fourth-order valence-corrected chi connectivity index (χ4v) is 2.98. The van der Waals surface area contributed by atoms with E-state index >= 15 is 0 Å². The smallest absolute Gasteiger partial charge is 0.257 e. The van der Waals surface area contributed by atoms with E-state index in [0.717, 1.165) is 25.3 Å². The van der Waals surface area contributed by atoms with Crippen LogP contribution in [-0.4, -0.2) is 58.0 Å². The molecule has 3 rings (SSSR count). The minimum Gasteiger partial charge on any atom is -0.470 e. The van der Waals surface area contributed by atoms with Gasteiger partial charge in [0, 0.05) is 56.4 Å². The number of anilines is 1. The number of hydrogen-bond acceptors (Lipinski definition) is 6. The maximum atomic E-state index is 12.5. The molecule has 1 unspecified atom stereocenters. The zero-order chi connectivity index (χ0) is 17.6. The Morgan fingerprint density at radius 3 is 2.64 bits per heavy atom. The number of amides is 1. The average molecular weight is 341 g/mol. The molecule has 7 nitrogen and oxygen atoms in total. The highest BCUT2D eigenvalue weighted by Gasteiger charge is 2.29. The molecule has 2 aromatic heterocycles. The van der Waals surface area contributed by atoms with Gasteiger partial charge in [-0.05, 0) is 26.0 Å². The van der Waals surface area contributed by atoms with Gasteiger partial charge in [0.25, 0.3) is 11.8 Å². The molecule has 3 heterocycles. The van der Waals surface area contributed by atoms with Gasteiger partial charge in [-0.1, -0.05) is 0 Å². The van der Waals surface area contributed by atoms with E-state index in [1.807, 2.05) is 4.90 Å². The van der Waals surface area contributed by atoms with Crippen LogP contribution in [0.4, 0.5) is 5.82 Å². The zero-order valence-electron chi connectivity index (χ0n) is 14.6. The molecule has 1 amide bonds. The van der Waals surface area contributed by atoms with E-state index < -0.39 is 0 Å². The number of rotatable bonds is 6. The van der Waals surface area contributed by atoms with Crippen molar-refractivity contribution in [3.63, 3.8) is 0 Å². The Balaban J connectivity index is 1.67. The van der Waals surface area contributed by atoms with E-state index in [4.69, 9.17) is 4.74 Å². The second-order valence-electron chi connectivity index (χ2n) is 5.87. The molecule has 1 aliphatic rings. The predicted molar refractivity (Wildman–Crippen MR) is 94.8 cm³/mol. The standard InChI is InChI=1S/C18H23N5O2/c1-3-22(4-2)16-17(21-11-10-20-16)25-15-7-12-23(13-15)18(24)14-5-8-19-9-6-14/h5-6,8-11,15H,3-4,7,12-13H2,1-2H3. The van der Waals surface area contributed by atoms with Crippen molar-refractivity contribution < 1.29 is 9.53 Å². The van der Waals surface area contributed by atoms with Gasteiger partial charge in [0.05, 0.1) is 6.54 Å². The minimum absolute atomic E-state index is 0.0108. The molecule has 132 valence electrons. The third kappa shape index (κ3) is 3.87. The van der Waals surface area contributed by atoms with Crippen molar-refractivity contribution in [3.8, 4) is 5.88 Å². The third-order valence-electron chi connectivity index (χ3n) is 4.35. The van der Waals surface area contributed by atoms with Gasteiger partial charge in [0.1, 0.15) is 6.10 Å². The molecule has 0 N–H and O–H groups in total. The zero-order valence-corrected chi connectivity index (χ0v) is 14.6. The lowest BCUT2D eigenvalue weighted by Crippen LogP contribution is -2.31. The molecule has 2 aromatic rings. The van der Waals surface area contributed by atoms with Gasteiger partial charge < -0.3 is 14.5 Å². The van der Waals surface area contributed by atoms with Crippen LogP contribution in [0, 0.1) is 0 Å². The summed E-state index contributed by atoms with van der Waals surface area (Å²) in [7, 11) is 0. The van der Waals surface area contributed by atoms with Gasteiger partial charge in [-0.2, -0.15) is 0 Å². The molecular formula is C18H23N5O2. The number of ether oxygens (including phenoxy) is 1. The number of carbonyl (C=O) groups excluding carboxylic acids is 1. The summed E-state index contributed by atoms with van der Waals surface area (Å²) in [4.78, 5) is 29.2. The summed E-state index contributed by atoms with van der Waals surface area (Å²) in [5.74, 6) is 1.30. The van der Waals surface area contributed by atoms with Gasteiger partial charge in [-0.25, -0.2) is 9.97 Å². The molecule has 1 aliphatic heterocycles. The summed E-state index contributed by atoms with van der Waals surface area (Å²) in [5.41, 5.74) is 0.652. The molecule has 1 fully saturated rings. The van der Waals surface area contributed by atoms with Crippen LogP contribution in [0.15, 0.2) is 36.9 Å². The van der Waals surface area contributed by atoms with E-state index in [-0.39, 0.29) is 12.0 Å². The SMILES string of the molecule is CCN(CC)c1nccnc1OC1CCN(C(=O)c2ccncc2)C1. The van der Waals surface area contributed by atoms with Crippen LogP contribution in [0.1, 0.15) is 30.6 Å². The maximum absolute atomic E-state index is 12.5. The molecule has 25 heavy (non-hydrogen) atoms. The van der Waals surface area contributed by atoms with Crippen molar-refractivity contribution in [1.82, 2.24) is 19.9 Å². The van der Waals surface area contributed by atoms with Gasteiger partial charge in [-0.15, -0.1) is 0 Å². The lowest BCUT2D eigenvalue weighted by Gasteiger charge is -2.23. The summed E-state index contributed by atoms with van der Waals surface area (Å²) >= 11 is 0. The van der Waals surface area contributed by atoms with Crippen LogP contribution in [0.25, 0.3) is 0 Å². The van der Waals surface area contributed by atoms with E-state index in [1.54, 1.807) is 36.9 Å². The Morgan fingerprint density at radius 2 is 1.92 bits per heavy atom. The summed E-state index contributed by atoms with van der Waals surface area (Å²) in [6.45, 7) is 7.05. The lowest BCUT2D eigenvalue weighted by molar-refractivity contribution is 0.0771. The first-order valence-corrected chi connectivity index (χ1v) is 8.64. The monoisotopic (exact) mass is 341 g/mol. The summed E-state index contributed by atoms with van der Waals surface area (Å²) in [6, 6.07) is 3.47. The first kappa shape index (κ1) is 17.1. The van der Waals surface area contributed by atoms with Crippen LogP contribution < -0.4 is 9.64 Å². The second-order valence-corrected chi connectivity index (χ2v) is 5.87. The van der Waals surface area contributed by atoms with Crippen molar-refractivity contribution in [2.24, 2.45) is 0 Å². The number of nitrogens with zero attached hydrogens (tertiary/aromatic N) is 5. The lowest BCUT2D eigenvalue weighted by atomic mass is 10.2. The van der Waals surface area contributed by atoms with Crippen LogP contribution in [0.2, 0.25) is 0 Å². The van der Waals surface area contributed by atoms with E-state index in [2.05, 4.69) is 33.7 Å². The van der Waals surface area contributed by atoms with Crippen LogP contribution in [-0.2, 0) is 0 Å². The number of pyridine rings is 1. The molecule has 7 heteroatoms. The molecule has 0 aromatic carbocycles. The molecule has 0 spiro atoms. The molecular weight excluding hydrogens is 318 g/mol. The van der Waals surface area contributed by atoms with E-state index in [1.165, 1.54) is 0 Å². The van der Waals surface area contributed by atoms with Gasteiger partial charge >= 0.3 is 0 Å². The molecule has 0 aliphatic carbocycles.